The maximum atomic E-state index is 6.63. The largest absolute Gasteiger partial charge is 0.405 e. The fourth-order valence-corrected chi connectivity index (χ4v) is 5.61. The zero-order chi connectivity index (χ0) is 31.7. The predicted octanol–water partition coefficient (Wildman–Crippen LogP) is 8.41. The Labute approximate surface area is 271 Å². The SMILES string of the molecule is C/C=C(\C=C/N)c1cc(CN=C(c2ccccc2)c2cc(-c3ccccc3)ccc2N)cc(-c2ccc(C3=CC=CCN3)nc2)c1. The molecule has 4 aromatic carbocycles. The van der Waals surface area contributed by atoms with E-state index in [4.69, 9.17) is 21.4 Å². The highest BCUT2D eigenvalue weighted by Crippen LogP contribution is 2.29. The van der Waals surface area contributed by atoms with E-state index in [1.54, 1.807) is 6.20 Å². The maximum Gasteiger partial charge on any atom is 0.0861 e. The minimum atomic E-state index is 0.456. The Hall–Kier alpha value is -5.94. The summed E-state index contributed by atoms with van der Waals surface area (Å²) in [6.07, 6.45) is 13.7. The van der Waals surface area contributed by atoms with Gasteiger partial charge in [-0.15, -0.1) is 0 Å². The van der Waals surface area contributed by atoms with Crippen LogP contribution in [-0.4, -0.2) is 17.2 Å². The van der Waals surface area contributed by atoms with Gasteiger partial charge in [0.25, 0.3) is 0 Å². The van der Waals surface area contributed by atoms with Crippen molar-refractivity contribution in [3.63, 3.8) is 0 Å². The van der Waals surface area contributed by atoms with Crippen molar-refractivity contribution in [2.45, 2.75) is 13.5 Å². The number of pyridine rings is 1. The Kier molecular flexibility index (Phi) is 9.31. The third-order valence-corrected chi connectivity index (χ3v) is 7.98. The molecule has 0 amide bonds. The molecule has 226 valence electrons. The number of anilines is 1. The Morgan fingerprint density at radius 3 is 2.30 bits per heavy atom. The molecule has 5 nitrogen and oxygen atoms in total. The van der Waals surface area contributed by atoms with E-state index in [0.717, 1.165) is 73.7 Å². The van der Waals surface area contributed by atoms with Crippen LogP contribution in [0.4, 0.5) is 5.69 Å². The molecule has 5 aromatic rings. The molecular weight excluding hydrogens is 562 g/mol. The second-order valence-electron chi connectivity index (χ2n) is 11.0. The number of allylic oxidation sites excluding steroid dienone is 5. The quantitative estimate of drug-likeness (QED) is 0.0902. The number of nitrogens with zero attached hydrogens (tertiary/aromatic N) is 2. The molecule has 0 radical (unpaired) electrons. The molecule has 0 atom stereocenters. The normalized spacial score (nSPS) is 13.5. The van der Waals surface area contributed by atoms with Crippen molar-refractivity contribution < 1.29 is 0 Å². The van der Waals surface area contributed by atoms with Crippen molar-refractivity contribution in [3.05, 3.63) is 180 Å². The van der Waals surface area contributed by atoms with E-state index in [1.807, 2.05) is 67.7 Å². The smallest absolute Gasteiger partial charge is 0.0861 e. The van der Waals surface area contributed by atoms with Gasteiger partial charge in [0.2, 0.25) is 0 Å². The first-order valence-electron chi connectivity index (χ1n) is 15.4. The minimum absolute atomic E-state index is 0.456. The van der Waals surface area contributed by atoms with E-state index >= 15 is 0 Å². The van der Waals surface area contributed by atoms with E-state index < -0.39 is 0 Å². The molecule has 46 heavy (non-hydrogen) atoms. The molecule has 0 saturated heterocycles. The lowest BCUT2D eigenvalue weighted by Crippen LogP contribution is -2.15. The zero-order valence-corrected chi connectivity index (χ0v) is 25.9. The molecule has 1 aliphatic rings. The van der Waals surface area contributed by atoms with Gasteiger partial charge in [0.05, 0.1) is 23.6 Å². The molecule has 5 N–H and O–H groups in total. The Morgan fingerprint density at radius 2 is 1.61 bits per heavy atom. The summed E-state index contributed by atoms with van der Waals surface area (Å²) in [6, 6.07) is 37.5. The van der Waals surface area contributed by atoms with Crippen molar-refractivity contribution in [2.75, 3.05) is 12.3 Å². The second kappa shape index (κ2) is 14.2. The van der Waals surface area contributed by atoms with Crippen molar-refractivity contribution in [1.29, 1.82) is 0 Å². The molecule has 0 bridgehead atoms. The summed E-state index contributed by atoms with van der Waals surface area (Å²) in [4.78, 5) is 10.0. The van der Waals surface area contributed by atoms with Crippen molar-refractivity contribution in [3.8, 4) is 22.3 Å². The third kappa shape index (κ3) is 6.90. The molecule has 0 aliphatic carbocycles. The number of nitrogens with one attached hydrogen (secondary N) is 1. The second-order valence-corrected chi connectivity index (χ2v) is 11.0. The standard InChI is InChI=1S/C41H37N5/c1-2-30(20-21-42)35-23-29(24-36(25-35)34-17-19-40(45-28-34)39-15-9-10-22-44-39)27-46-41(32-13-7-4-8-14-32)37-26-33(16-18-38(37)43)31-11-5-3-6-12-31/h2-21,23-26,28,44H,22,27,42-43H2,1H3/b21-20-,30-2+,46-41?. The number of aliphatic imine (C=N–C) groups is 1. The Bertz CT molecular complexity index is 1970. The first-order valence-corrected chi connectivity index (χ1v) is 15.4. The first kappa shape index (κ1) is 30.1. The number of nitrogen functional groups attached to an aromatic ring is 1. The van der Waals surface area contributed by atoms with Crippen LogP contribution in [0.5, 0.6) is 0 Å². The van der Waals surface area contributed by atoms with Crippen LogP contribution in [0, 0.1) is 0 Å². The number of hydrogen-bond acceptors (Lipinski definition) is 5. The van der Waals surface area contributed by atoms with Gasteiger partial charge in [0.1, 0.15) is 0 Å². The molecule has 0 unspecified atom stereocenters. The molecular formula is C41H37N5. The summed E-state index contributed by atoms with van der Waals surface area (Å²) in [5.41, 5.74) is 25.3. The number of aromatic nitrogens is 1. The summed E-state index contributed by atoms with van der Waals surface area (Å²) in [6.45, 7) is 3.28. The highest BCUT2D eigenvalue weighted by Gasteiger charge is 2.14. The lowest BCUT2D eigenvalue weighted by atomic mass is 9.95. The molecule has 1 aliphatic heterocycles. The number of nitrogens with two attached hydrogens (primary N) is 2. The van der Waals surface area contributed by atoms with Gasteiger partial charge < -0.3 is 16.8 Å². The summed E-state index contributed by atoms with van der Waals surface area (Å²) >= 11 is 0. The number of benzene rings is 4. The van der Waals surface area contributed by atoms with Crippen LogP contribution in [0.15, 0.2) is 157 Å². The molecule has 1 aromatic heterocycles. The van der Waals surface area contributed by atoms with Gasteiger partial charge in [0.15, 0.2) is 0 Å². The molecule has 0 fully saturated rings. The van der Waals surface area contributed by atoms with Crippen LogP contribution >= 0.6 is 0 Å². The summed E-state index contributed by atoms with van der Waals surface area (Å²) in [7, 11) is 0. The average molecular weight is 600 g/mol. The maximum absolute atomic E-state index is 6.63. The highest BCUT2D eigenvalue weighted by molar-refractivity contribution is 6.16. The minimum Gasteiger partial charge on any atom is -0.405 e. The summed E-state index contributed by atoms with van der Waals surface area (Å²) < 4.78 is 0. The van der Waals surface area contributed by atoms with Crippen LogP contribution < -0.4 is 16.8 Å². The fraction of sp³-hybridized carbons (Fsp3) is 0.0732. The topological polar surface area (TPSA) is 89.3 Å². The van der Waals surface area contributed by atoms with E-state index in [1.165, 1.54) is 0 Å². The van der Waals surface area contributed by atoms with Gasteiger partial charge in [-0.05, 0) is 95.1 Å². The monoisotopic (exact) mass is 599 g/mol. The Morgan fingerprint density at radius 1 is 0.826 bits per heavy atom. The highest BCUT2D eigenvalue weighted by atomic mass is 14.9. The predicted molar refractivity (Wildman–Crippen MR) is 194 cm³/mol. The first-order chi connectivity index (χ1) is 22.6. The van der Waals surface area contributed by atoms with Gasteiger partial charge in [-0.25, -0.2) is 0 Å². The van der Waals surface area contributed by atoms with Crippen molar-refractivity contribution in [2.24, 2.45) is 10.7 Å². The summed E-state index contributed by atoms with van der Waals surface area (Å²) in [5.74, 6) is 0. The molecule has 6 rings (SSSR count). The van der Waals surface area contributed by atoms with Gasteiger partial charge in [-0.3, -0.25) is 9.98 Å². The number of rotatable bonds is 9. The van der Waals surface area contributed by atoms with E-state index in [0.29, 0.717) is 12.2 Å². The average Bonchev–Trinajstić information content (AvgIpc) is 3.12. The van der Waals surface area contributed by atoms with Gasteiger partial charge in [-0.2, -0.15) is 0 Å². The number of dihydropyridines is 1. The fourth-order valence-electron chi connectivity index (χ4n) is 5.61. The van der Waals surface area contributed by atoms with E-state index in [-0.39, 0.29) is 0 Å². The van der Waals surface area contributed by atoms with Crippen LogP contribution in [0.3, 0.4) is 0 Å². The number of hydrogen-bond donors (Lipinski definition) is 3. The Balaban J connectivity index is 1.42. The summed E-state index contributed by atoms with van der Waals surface area (Å²) in [5, 5.41) is 3.38. The lowest BCUT2D eigenvalue weighted by molar-refractivity contribution is 0.981. The van der Waals surface area contributed by atoms with Gasteiger partial charge in [-0.1, -0.05) is 91.0 Å². The third-order valence-electron chi connectivity index (χ3n) is 7.98. The zero-order valence-electron chi connectivity index (χ0n) is 25.9. The van der Waals surface area contributed by atoms with E-state index in [2.05, 4.69) is 90.3 Å². The van der Waals surface area contributed by atoms with Gasteiger partial charge >= 0.3 is 0 Å². The van der Waals surface area contributed by atoms with Gasteiger partial charge in [0, 0.05) is 35.1 Å². The van der Waals surface area contributed by atoms with Crippen molar-refractivity contribution >= 4 is 22.7 Å². The molecule has 0 spiro atoms. The van der Waals surface area contributed by atoms with Crippen LogP contribution in [0.2, 0.25) is 0 Å². The molecule has 5 heteroatoms. The van der Waals surface area contributed by atoms with Crippen molar-refractivity contribution in [1.82, 2.24) is 10.3 Å². The van der Waals surface area contributed by atoms with E-state index in [9.17, 15) is 0 Å². The molecule has 0 saturated carbocycles. The lowest BCUT2D eigenvalue weighted by Gasteiger charge is -2.15. The van der Waals surface area contributed by atoms with Crippen LogP contribution in [-0.2, 0) is 6.54 Å². The van der Waals surface area contributed by atoms with Crippen LogP contribution in [0.25, 0.3) is 33.5 Å². The molecule has 2 heterocycles. The van der Waals surface area contributed by atoms with Crippen LogP contribution in [0.1, 0.15) is 34.9 Å².